The Hall–Kier alpha value is -4.66. The first-order chi connectivity index (χ1) is 17.2. The lowest BCUT2D eigenvalue weighted by Crippen LogP contribution is -2.25. The van der Waals surface area contributed by atoms with Crippen molar-refractivity contribution in [2.24, 2.45) is 0 Å². The van der Waals surface area contributed by atoms with E-state index in [-0.39, 0.29) is 5.91 Å². The van der Waals surface area contributed by atoms with E-state index in [4.69, 9.17) is 4.74 Å². The molecule has 3 aromatic heterocycles. The van der Waals surface area contributed by atoms with Gasteiger partial charge in [0.1, 0.15) is 5.75 Å². The van der Waals surface area contributed by atoms with E-state index in [1.807, 2.05) is 71.5 Å². The molecule has 0 spiro atoms. The number of fused-ring (bicyclic) bond motifs is 1. The summed E-state index contributed by atoms with van der Waals surface area (Å²) in [7, 11) is 1.65. The summed E-state index contributed by atoms with van der Waals surface area (Å²) in [5, 5.41) is 14.9. The zero-order valence-electron chi connectivity index (χ0n) is 19.3. The van der Waals surface area contributed by atoms with Crippen LogP contribution in [0.2, 0.25) is 0 Å². The Morgan fingerprint density at radius 2 is 1.83 bits per heavy atom. The average Bonchev–Trinajstić information content (AvgIpc) is 3.56. The number of hydrogen-bond donors (Lipinski definition) is 2. The maximum atomic E-state index is 12.4. The Balaban J connectivity index is 1.23. The molecule has 0 fully saturated rings. The number of nitrogens with one attached hydrogen (secondary N) is 2. The van der Waals surface area contributed by atoms with Gasteiger partial charge in [-0.25, -0.2) is 4.52 Å². The van der Waals surface area contributed by atoms with Gasteiger partial charge in [0.05, 0.1) is 12.8 Å². The van der Waals surface area contributed by atoms with E-state index in [0.29, 0.717) is 18.1 Å². The smallest absolute Gasteiger partial charge is 0.251 e. The Kier molecular flexibility index (Phi) is 6.38. The summed E-state index contributed by atoms with van der Waals surface area (Å²) in [6.07, 6.45) is 4.46. The van der Waals surface area contributed by atoms with Gasteiger partial charge in [0.2, 0.25) is 5.95 Å². The second kappa shape index (κ2) is 10.1. The third-order valence-electron chi connectivity index (χ3n) is 5.56. The van der Waals surface area contributed by atoms with Crippen LogP contribution >= 0.6 is 0 Å². The lowest BCUT2D eigenvalue weighted by Gasteiger charge is -2.07. The van der Waals surface area contributed by atoms with E-state index < -0.39 is 0 Å². The molecule has 2 aromatic carbocycles. The Labute approximate surface area is 202 Å². The molecule has 5 rings (SSSR count). The van der Waals surface area contributed by atoms with Crippen LogP contribution in [0.15, 0.2) is 85.2 Å². The summed E-state index contributed by atoms with van der Waals surface area (Å²) in [5.41, 5.74) is 4.05. The fraction of sp³-hybridized carbons (Fsp3) is 0.154. The van der Waals surface area contributed by atoms with Crippen LogP contribution in [-0.2, 0) is 6.54 Å². The molecule has 5 aromatic rings. The van der Waals surface area contributed by atoms with Gasteiger partial charge in [-0.3, -0.25) is 9.48 Å². The zero-order chi connectivity index (χ0) is 24.0. The number of carbonyl (C=O) groups excluding carboxylic acids is 1. The Bertz CT molecular complexity index is 1410. The number of benzene rings is 2. The molecule has 1 amide bonds. The molecular weight excluding hydrogens is 442 g/mol. The monoisotopic (exact) mass is 467 g/mol. The number of methoxy groups -OCH3 is 1. The van der Waals surface area contributed by atoms with Crippen molar-refractivity contribution in [1.82, 2.24) is 29.7 Å². The van der Waals surface area contributed by atoms with E-state index in [9.17, 15) is 4.79 Å². The summed E-state index contributed by atoms with van der Waals surface area (Å²) in [6, 6.07) is 22.8. The fourth-order valence-electron chi connectivity index (χ4n) is 3.75. The Morgan fingerprint density at radius 3 is 2.57 bits per heavy atom. The van der Waals surface area contributed by atoms with Gasteiger partial charge in [0, 0.05) is 42.3 Å². The first kappa shape index (κ1) is 22.1. The number of hydrogen-bond acceptors (Lipinski definition) is 6. The van der Waals surface area contributed by atoms with Crippen molar-refractivity contribution in [2.45, 2.75) is 13.0 Å². The number of pyridine rings is 1. The van der Waals surface area contributed by atoms with Gasteiger partial charge in [-0.05, 0) is 73.2 Å². The quantitative estimate of drug-likeness (QED) is 0.316. The highest BCUT2D eigenvalue weighted by molar-refractivity contribution is 5.94. The molecule has 0 aliphatic rings. The van der Waals surface area contributed by atoms with Crippen LogP contribution in [0.5, 0.6) is 5.75 Å². The summed E-state index contributed by atoms with van der Waals surface area (Å²) in [6.45, 7) is 1.35. The van der Waals surface area contributed by atoms with E-state index in [2.05, 4.69) is 25.8 Å². The van der Waals surface area contributed by atoms with Crippen molar-refractivity contribution in [3.8, 4) is 17.0 Å². The van der Waals surface area contributed by atoms with Crippen molar-refractivity contribution in [3.05, 3.63) is 90.8 Å². The number of rotatable bonds is 9. The molecule has 0 aliphatic carbocycles. The molecule has 9 nitrogen and oxygen atoms in total. The molecule has 0 unspecified atom stereocenters. The second-order valence-corrected chi connectivity index (χ2v) is 7.93. The minimum atomic E-state index is -0.105. The van der Waals surface area contributed by atoms with E-state index in [1.165, 1.54) is 0 Å². The van der Waals surface area contributed by atoms with Crippen LogP contribution in [0.25, 0.3) is 16.9 Å². The van der Waals surface area contributed by atoms with Crippen molar-refractivity contribution in [1.29, 1.82) is 0 Å². The van der Waals surface area contributed by atoms with E-state index in [1.54, 1.807) is 30.0 Å². The summed E-state index contributed by atoms with van der Waals surface area (Å²) in [5.74, 6) is 1.17. The molecule has 0 saturated carbocycles. The molecule has 0 radical (unpaired) electrons. The van der Waals surface area contributed by atoms with Crippen LogP contribution < -0.4 is 15.4 Å². The van der Waals surface area contributed by atoms with Crippen molar-refractivity contribution < 1.29 is 9.53 Å². The lowest BCUT2D eigenvalue weighted by molar-refractivity contribution is 0.0952. The third-order valence-corrected chi connectivity index (χ3v) is 5.56. The third kappa shape index (κ3) is 5.14. The van der Waals surface area contributed by atoms with Gasteiger partial charge in [0.25, 0.3) is 5.91 Å². The summed E-state index contributed by atoms with van der Waals surface area (Å²) in [4.78, 5) is 17.0. The second-order valence-electron chi connectivity index (χ2n) is 7.93. The zero-order valence-corrected chi connectivity index (χ0v) is 19.3. The van der Waals surface area contributed by atoms with Gasteiger partial charge in [-0.2, -0.15) is 10.1 Å². The van der Waals surface area contributed by atoms with Crippen LogP contribution in [0.1, 0.15) is 16.8 Å². The highest BCUT2D eigenvalue weighted by Crippen LogP contribution is 2.24. The number of ether oxygens (including phenoxy) is 1. The number of nitrogens with zero attached hydrogens (tertiary/aromatic N) is 5. The molecule has 9 heteroatoms. The largest absolute Gasteiger partial charge is 0.497 e. The van der Waals surface area contributed by atoms with Gasteiger partial charge < -0.3 is 15.4 Å². The van der Waals surface area contributed by atoms with E-state index in [0.717, 1.165) is 41.3 Å². The molecule has 0 bridgehead atoms. The van der Waals surface area contributed by atoms with Gasteiger partial charge in [-0.1, -0.05) is 6.07 Å². The predicted molar refractivity (Wildman–Crippen MR) is 134 cm³/mol. The number of carbonyl (C=O) groups is 1. The van der Waals surface area contributed by atoms with Crippen molar-refractivity contribution >= 4 is 23.2 Å². The minimum Gasteiger partial charge on any atom is -0.497 e. The number of anilines is 2. The highest BCUT2D eigenvalue weighted by Gasteiger charge is 2.10. The van der Waals surface area contributed by atoms with Crippen LogP contribution in [0.3, 0.4) is 0 Å². The highest BCUT2D eigenvalue weighted by atomic mass is 16.5. The van der Waals surface area contributed by atoms with Crippen molar-refractivity contribution in [2.75, 3.05) is 19.0 Å². The maximum Gasteiger partial charge on any atom is 0.251 e. The number of amides is 1. The first-order valence-corrected chi connectivity index (χ1v) is 11.3. The van der Waals surface area contributed by atoms with Crippen LogP contribution in [0, 0.1) is 0 Å². The van der Waals surface area contributed by atoms with Gasteiger partial charge >= 0.3 is 0 Å². The molecule has 35 heavy (non-hydrogen) atoms. The lowest BCUT2D eigenvalue weighted by atomic mass is 10.1. The number of aromatic nitrogens is 5. The van der Waals surface area contributed by atoms with Crippen molar-refractivity contribution in [3.63, 3.8) is 0 Å². The van der Waals surface area contributed by atoms with Gasteiger partial charge in [-0.15, -0.1) is 5.10 Å². The first-order valence-electron chi connectivity index (χ1n) is 11.3. The van der Waals surface area contributed by atoms with Crippen LogP contribution in [0.4, 0.5) is 11.6 Å². The van der Waals surface area contributed by atoms with E-state index >= 15 is 0 Å². The van der Waals surface area contributed by atoms with Crippen LogP contribution in [-0.4, -0.2) is 43.9 Å². The molecule has 0 saturated heterocycles. The molecular formula is C26H25N7O2. The SMILES string of the molecule is COc1ccc(-c2cccc3nc(Nc4ccc(C(=O)NCCCn5cccn5)cc4)nn23)cc1. The molecule has 176 valence electrons. The normalized spacial score (nSPS) is 10.9. The van der Waals surface area contributed by atoms with Gasteiger partial charge in [0.15, 0.2) is 5.65 Å². The summed E-state index contributed by atoms with van der Waals surface area (Å²) >= 11 is 0. The molecule has 0 atom stereocenters. The standard InChI is InChI=1S/C26H25N7O2/c1-35-22-13-9-19(10-14-22)23-5-2-6-24-30-26(31-33(23)24)29-21-11-7-20(8-12-21)25(34)27-15-3-17-32-18-4-16-28-32/h2,4-14,16,18H,3,15,17H2,1H3,(H,27,34)(H,29,31). The molecule has 2 N–H and O–H groups in total. The molecule has 3 heterocycles. The fourth-order valence-corrected chi connectivity index (χ4v) is 3.75. The maximum absolute atomic E-state index is 12.4. The molecule has 0 aliphatic heterocycles. The summed E-state index contributed by atoms with van der Waals surface area (Å²) < 4.78 is 8.90. The average molecular weight is 468 g/mol. The topological polar surface area (TPSA) is 98.4 Å². The Morgan fingerprint density at radius 1 is 1.00 bits per heavy atom. The minimum absolute atomic E-state index is 0.105. The predicted octanol–water partition coefficient (Wildman–Crippen LogP) is 4.17. The number of aryl methyl sites for hydroxylation is 1.